The molecule has 128 valence electrons. The number of ether oxygens (including phenoxy) is 1. The number of ketones is 1. The average molecular weight is 347 g/mol. The van der Waals surface area contributed by atoms with Crippen molar-refractivity contribution >= 4 is 15.6 Å². The Morgan fingerprint density at radius 2 is 1.96 bits per heavy atom. The molecule has 0 N–H and O–H groups in total. The number of hydrogen-bond acceptors (Lipinski definition) is 4. The van der Waals surface area contributed by atoms with E-state index in [9.17, 15) is 13.2 Å². The first-order valence-corrected chi connectivity index (χ1v) is 9.81. The summed E-state index contributed by atoms with van der Waals surface area (Å²) in [4.78, 5) is 12.7. The van der Waals surface area contributed by atoms with Gasteiger partial charge in [-0.15, -0.1) is 0 Å². The molecule has 1 aromatic heterocycles. The number of carbonyl (C=O) groups excluding carboxylic acids is 1. The van der Waals surface area contributed by atoms with Crippen LogP contribution in [0.15, 0.2) is 35.2 Å². The van der Waals surface area contributed by atoms with E-state index in [2.05, 4.69) is 4.57 Å². The third-order valence-corrected chi connectivity index (χ3v) is 5.41. The molecule has 0 saturated heterocycles. The highest BCUT2D eigenvalue weighted by Crippen LogP contribution is 2.38. The van der Waals surface area contributed by atoms with Gasteiger partial charge in [-0.3, -0.25) is 4.79 Å². The van der Waals surface area contributed by atoms with E-state index < -0.39 is 9.84 Å². The van der Waals surface area contributed by atoms with Crippen LogP contribution in [-0.2, 0) is 9.84 Å². The van der Waals surface area contributed by atoms with Gasteiger partial charge in [-0.05, 0) is 51.0 Å². The third kappa shape index (κ3) is 3.38. The first kappa shape index (κ1) is 16.8. The van der Waals surface area contributed by atoms with Gasteiger partial charge in [-0.1, -0.05) is 6.07 Å². The zero-order chi connectivity index (χ0) is 17.5. The molecule has 1 fully saturated rings. The van der Waals surface area contributed by atoms with Crippen molar-refractivity contribution < 1.29 is 17.9 Å². The molecule has 0 atom stereocenters. The predicted octanol–water partition coefficient (Wildman–Crippen LogP) is 3.11. The van der Waals surface area contributed by atoms with Crippen LogP contribution >= 0.6 is 0 Å². The molecule has 0 unspecified atom stereocenters. The minimum Gasteiger partial charge on any atom is -0.485 e. The Balaban J connectivity index is 1.74. The van der Waals surface area contributed by atoms with Crippen molar-refractivity contribution in [1.82, 2.24) is 4.57 Å². The van der Waals surface area contributed by atoms with Gasteiger partial charge in [0.2, 0.25) is 5.78 Å². The van der Waals surface area contributed by atoms with Gasteiger partial charge < -0.3 is 9.30 Å². The molecule has 1 aliphatic rings. The van der Waals surface area contributed by atoms with E-state index in [0.29, 0.717) is 17.4 Å². The molecule has 0 spiro atoms. The second kappa shape index (κ2) is 6.09. The molecule has 0 bridgehead atoms. The predicted molar refractivity (Wildman–Crippen MR) is 91.6 cm³/mol. The minimum absolute atomic E-state index is 0.0974. The van der Waals surface area contributed by atoms with Crippen LogP contribution < -0.4 is 4.74 Å². The molecule has 1 heterocycles. The monoisotopic (exact) mass is 347 g/mol. The van der Waals surface area contributed by atoms with Crippen LogP contribution in [0.3, 0.4) is 0 Å². The molecule has 1 saturated carbocycles. The Labute approximate surface area is 142 Å². The highest BCUT2D eigenvalue weighted by atomic mass is 32.2. The van der Waals surface area contributed by atoms with Crippen LogP contribution in [0.2, 0.25) is 0 Å². The van der Waals surface area contributed by atoms with Gasteiger partial charge in [0.1, 0.15) is 5.75 Å². The summed E-state index contributed by atoms with van der Waals surface area (Å²) in [6.07, 6.45) is 3.47. The van der Waals surface area contributed by atoms with E-state index in [1.807, 2.05) is 19.9 Å². The lowest BCUT2D eigenvalue weighted by Gasteiger charge is -2.09. The SMILES string of the molecule is Cc1cc(C(=O)COc2cccc(S(C)(=O)=O)c2)c(C)n1C1CC1. The maximum atomic E-state index is 12.5. The van der Waals surface area contributed by atoms with Crippen molar-refractivity contribution in [1.29, 1.82) is 0 Å². The molecular weight excluding hydrogens is 326 g/mol. The average Bonchev–Trinajstić information content (AvgIpc) is 3.30. The number of sulfone groups is 1. The summed E-state index contributed by atoms with van der Waals surface area (Å²) in [6.45, 7) is 3.86. The smallest absolute Gasteiger partial charge is 0.202 e. The first-order chi connectivity index (χ1) is 11.3. The number of hydrogen-bond donors (Lipinski definition) is 0. The van der Waals surface area contributed by atoms with Crippen molar-refractivity contribution in [3.05, 3.63) is 47.3 Å². The summed E-state index contributed by atoms with van der Waals surface area (Å²) in [7, 11) is -3.30. The Bertz CT molecular complexity index is 892. The van der Waals surface area contributed by atoms with Crippen LogP contribution in [-0.4, -0.2) is 31.6 Å². The topological polar surface area (TPSA) is 65.4 Å². The van der Waals surface area contributed by atoms with Gasteiger partial charge in [0.05, 0.1) is 4.90 Å². The van der Waals surface area contributed by atoms with E-state index >= 15 is 0 Å². The first-order valence-electron chi connectivity index (χ1n) is 7.92. The molecule has 0 radical (unpaired) electrons. The van der Waals surface area contributed by atoms with Crippen molar-refractivity contribution in [3.8, 4) is 5.75 Å². The fourth-order valence-corrected chi connectivity index (χ4v) is 3.63. The van der Waals surface area contributed by atoms with Crippen molar-refractivity contribution in [2.24, 2.45) is 0 Å². The third-order valence-electron chi connectivity index (χ3n) is 4.30. The van der Waals surface area contributed by atoms with Gasteiger partial charge in [-0.25, -0.2) is 8.42 Å². The lowest BCUT2D eigenvalue weighted by Crippen LogP contribution is -2.13. The Morgan fingerprint density at radius 1 is 1.25 bits per heavy atom. The molecule has 5 nitrogen and oxygen atoms in total. The molecular formula is C18H21NO4S. The van der Waals surface area contributed by atoms with E-state index in [1.165, 1.54) is 25.0 Å². The summed E-state index contributed by atoms with van der Waals surface area (Å²) < 4.78 is 30.9. The molecule has 1 aromatic carbocycles. The summed E-state index contributed by atoms with van der Waals surface area (Å²) in [5.41, 5.74) is 2.75. The van der Waals surface area contributed by atoms with Crippen LogP contribution in [0.5, 0.6) is 5.75 Å². The molecule has 2 aromatic rings. The molecule has 0 aliphatic heterocycles. The lowest BCUT2D eigenvalue weighted by molar-refractivity contribution is 0.0920. The van der Waals surface area contributed by atoms with Gasteiger partial charge >= 0.3 is 0 Å². The number of nitrogens with zero attached hydrogens (tertiary/aromatic N) is 1. The van der Waals surface area contributed by atoms with Crippen LogP contribution in [0.4, 0.5) is 0 Å². The quantitative estimate of drug-likeness (QED) is 0.753. The molecule has 0 amide bonds. The molecule has 24 heavy (non-hydrogen) atoms. The van der Waals surface area contributed by atoms with Crippen LogP contribution in [0, 0.1) is 13.8 Å². The highest BCUT2D eigenvalue weighted by Gasteiger charge is 2.28. The molecule has 1 aliphatic carbocycles. The van der Waals surface area contributed by atoms with Gasteiger partial charge in [-0.2, -0.15) is 0 Å². The maximum Gasteiger partial charge on any atom is 0.202 e. The second-order valence-electron chi connectivity index (χ2n) is 6.34. The fraction of sp³-hybridized carbons (Fsp3) is 0.389. The van der Waals surface area contributed by atoms with Gasteiger partial charge in [0.25, 0.3) is 0 Å². The second-order valence-corrected chi connectivity index (χ2v) is 8.36. The Morgan fingerprint density at radius 3 is 2.58 bits per heavy atom. The number of carbonyl (C=O) groups is 1. The van der Waals surface area contributed by atoms with Crippen molar-refractivity contribution in [2.75, 3.05) is 12.9 Å². The number of Topliss-reactive ketones (excluding diaryl/α,β-unsaturated/α-hetero) is 1. The lowest BCUT2D eigenvalue weighted by atomic mass is 10.1. The van der Waals surface area contributed by atoms with E-state index in [1.54, 1.807) is 12.1 Å². The summed E-state index contributed by atoms with van der Waals surface area (Å²) in [5.74, 6) is 0.280. The number of rotatable bonds is 6. The number of aromatic nitrogens is 1. The summed E-state index contributed by atoms with van der Waals surface area (Å²) in [6, 6.07) is 8.64. The zero-order valence-electron chi connectivity index (χ0n) is 14.1. The normalized spacial score (nSPS) is 14.6. The Kier molecular flexibility index (Phi) is 4.25. The molecule has 6 heteroatoms. The summed E-state index contributed by atoms with van der Waals surface area (Å²) >= 11 is 0. The van der Waals surface area contributed by atoms with Crippen molar-refractivity contribution in [3.63, 3.8) is 0 Å². The van der Waals surface area contributed by atoms with Crippen LogP contribution in [0.1, 0.15) is 40.6 Å². The largest absolute Gasteiger partial charge is 0.485 e. The van der Waals surface area contributed by atoms with Crippen LogP contribution in [0.25, 0.3) is 0 Å². The van der Waals surface area contributed by atoms with Gasteiger partial charge in [0, 0.05) is 29.2 Å². The standard InChI is InChI=1S/C18H21NO4S/c1-12-9-17(13(2)19(12)14-7-8-14)18(20)11-23-15-5-4-6-16(10-15)24(3,21)22/h4-6,9-10,14H,7-8,11H2,1-3H3. The fourth-order valence-electron chi connectivity index (χ4n) is 2.98. The number of aryl methyl sites for hydroxylation is 1. The van der Waals surface area contributed by atoms with Crippen molar-refractivity contribution in [2.45, 2.75) is 37.6 Å². The minimum atomic E-state index is -3.30. The molecule has 3 rings (SSSR count). The van der Waals surface area contributed by atoms with E-state index in [0.717, 1.165) is 17.6 Å². The Hall–Kier alpha value is -2.08. The maximum absolute atomic E-state index is 12.5. The van der Waals surface area contributed by atoms with E-state index in [-0.39, 0.29) is 17.3 Å². The summed E-state index contributed by atoms with van der Waals surface area (Å²) in [5, 5.41) is 0. The number of benzene rings is 1. The highest BCUT2D eigenvalue weighted by molar-refractivity contribution is 7.90. The van der Waals surface area contributed by atoms with E-state index in [4.69, 9.17) is 4.74 Å². The van der Waals surface area contributed by atoms with Gasteiger partial charge in [0.15, 0.2) is 16.4 Å². The zero-order valence-corrected chi connectivity index (χ0v) is 14.9.